The molecule has 82 valence electrons. The van der Waals surface area contributed by atoms with Crippen LogP contribution in [0.5, 0.6) is 0 Å². The van der Waals surface area contributed by atoms with Crippen molar-refractivity contribution < 1.29 is 4.74 Å². The average Bonchev–Trinajstić information content (AvgIpc) is 2.46. The van der Waals surface area contributed by atoms with Crippen molar-refractivity contribution in [2.75, 3.05) is 6.54 Å². The van der Waals surface area contributed by atoms with Crippen LogP contribution in [0.25, 0.3) is 0 Å². The molecule has 2 fully saturated rings. The van der Waals surface area contributed by atoms with Gasteiger partial charge >= 0.3 is 0 Å². The topological polar surface area (TPSA) is 35.2 Å². The predicted octanol–water partition coefficient (Wildman–Crippen LogP) is 2.32. The molecule has 2 rings (SSSR count). The first-order valence-corrected chi connectivity index (χ1v) is 6.01. The Morgan fingerprint density at radius 1 is 1.29 bits per heavy atom. The molecule has 0 aromatic carbocycles. The Balaban J connectivity index is 2.01. The van der Waals surface area contributed by atoms with Crippen molar-refractivity contribution in [1.82, 2.24) is 0 Å². The van der Waals surface area contributed by atoms with Gasteiger partial charge in [0.1, 0.15) is 0 Å². The Bertz CT molecular complexity index is 194. The number of nitrogens with two attached hydrogens (primary N) is 1. The van der Waals surface area contributed by atoms with Crippen LogP contribution in [0.3, 0.4) is 0 Å². The standard InChI is InChI=1S/C12H23NO/c1-9-5-10(2)7-12(6-9)4-3-11(8-13)14-12/h9-11H,3-8,13H2,1-2H3/t9-,10+,11-,12?/m1/s1. The van der Waals surface area contributed by atoms with Crippen molar-refractivity contribution >= 4 is 0 Å². The van der Waals surface area contributed by atoms with Crippen LogP contribution in [0.4, 0.5) is 0 Å². The normalized spacial score (nSPS) is 48.6. The fourth-order valence-electron chi connectivity index (χ4n) is 3.57. The van der Waals surface area contributed by atoms with Gasteiger partial charge < -0.3 is 10.5 Å². The number of ether oxygens (including phenoxy) is 1. The van der Waals surface area contributed by atoms with Gasteiger partial charge in [-0.2, -0.15) is 0 Å². The Kier molecular flexibility index (Phi) is 2.85. The summed E-state index contributed by atoms with van der Waals surface area (Å²) < 4.78 is 6.15. The summed E-state index contributed by atoms with van der Waals surface area (Å²) in [6.45, 7) is 5.41. The van der Waals surface area contributed by atoms with Gasteiger partial charge in [0.15, 0.2) is 0 Å². The summed E-state index contributed by atoms with van der Waals surface area (Å²) in [5, 5.41) is 0. The van der Waals surface area contributed by atoms with Gasteiger partial charge in [-0.05, 0) is 43.9 Å². The molecular formula is C12H23NO. The molecule has 1 unspecified atom stereocenters. The van der Waals surface area contributed by atoms with Crippen LogP contribution in [-0.4, -0.2) is 18.2 Å². The van der Waals surface area contributed by atoms with Gasteiger partial charge in [-0.3, -0.25) is 0 Å². The van der Waals surface area contributed by atoms with E-state index in [0.717, 1.165) is 11.8 Å². The van der Waals surface area contributed by atoms with E-state index in [-0.39, 0.29) is 5.60 Å². The third-order valence-corrected chi connectivity index (χ3v) is 3.85. The molecule has 1 saturated heterocycles. The third kappa shape index (κ3) is 1.96. The molecule has 2 nitrogen and oxygen atoms in total. The fourth-order valence-corrected chi connectivity index (χ4v) is 3.57. The van der Waals surface area contributed by atoms with E-state index in [2.05, 4.69) is 13.8 Å². The molecule has 1 saturated carbocycles. The summed E-state index contributed by atoms with van der Waals surface area (Å²) in [6, 6.07) is 0. The number of rotatable bonds is 1. The number of hydrogen-bond donors (Lipinski definition) is 1. The van der Waals surface area contributed by atoms with E-state index in [1.807, 2.05) is 0 Å². The summed E-state index contributed by atoms with van der Waals surface area (Å²) in [5.74, 6) is 1.66. The van der Waals surface area contributed by atoms with Gasteiger partial charge in [0.2, 0.25) is 0 Å². The van der Waals surface area contributed by atoms with Crippen molar-refractivity contribution in [3.05, 3.63) is 0 Å². The largest absolute Gasteiger partial charge is 0.370 e. The minimum atomic E-state index is 0.209. The van der Waals surface area contributed by atoms with E-state index in [1.54, 1.807) is 0 Å². The second-order valence-corrected chi connectivity index (χ2v) is 5.55. The summed E-state index contributed by atoms with van der Waals surface area (Å²) in [7, 11) is 0. The second-order valence-electron chi connectivity index (χ2n) is 5.55. The molecule has 4 atom stereocenters. The molecule has 1 heterocycles. The summed E-state index contributed by atoms with van der Waals surface area (Å²) in [4.78, 5) is 0. The lowest BCUT2D eigenvalue weighted by Gasteiger charge is -2.40. The van der Waals surface area contributed by atoms with Gasteiger partial charge in [-0.1, -0.05) is 13.8 Å². The molecule has 14 heavy (non-hydrogen) atoms. The van der Waals surface area contributed by atoms with Crippen molar-refractivity contribution in [1.29, 1.82) is 0 Å². The second kappa shape index (κ2) is 3.82. The van der Waals surface area contributed by atoms with E-state index < -0.39 is 0 Å². The van der Waals surface area contributed by atoms with E-state index >= 15 is 0 Å². The lowest BCUT2D eigenvalue weighted by Crippen LogP contribution is -2.38. The molecule has 0 bridgehead atoms. The maximum atomic E-state index is 6.15. The highest BCUT2D eigenvalue weighted by atomic mass is 16.5. The highest BCUT2D eigenvalue weighted by Gasteiger charge is 2.44. The lowest BCUT2D eigenvalue weighted by atomic mass is 9.72. The summed E-state index contributed by atoms with van der Waals surface area (Å²) in [6.07, 6.45) is 6.65. The molecular weight excluding hydrogens is 174 g/mol. The molecule has 2 heteroatoms. The Morgan fingerprint density at radius 2 is 1.93 bits per heavy atom. The lowest BCUT2D eigenvalue weighted by molar-refractivity contribution is -0.0825. The first-order valence-electron chi connectivity index (χ1n) is 6.01. The van der Waals surface area contributed by atoms with Crippen molar-refractivity contribution in [2.24, 2.45) is 17.6 Å². The fraction of sp³-hybridized carbons (Fsp3) is 1.00. The van der Waals surface area contributed by atoms with Crippen molar-refractivity contribution in [3.8, 4) is 0 Å². The maximum absolute atomic E-state index is 6.15. The molecule has 0 radical (unpaired) electrons. The smallest absolute Gasteiger partial charge is 0.0705 e. The van der Waals surface area contributed by atoms with Gasteiger partial charge in [0.25, 0.3) is 0 Å². The van der Waals surface area contributed by atoms with Crippen molar-refractivity contribution in [3.63, 3.8) is 0 Å². The minimum absolute atomic E-state index is 0.209. The zero-order valence-electron chi connectivity index (χ0n) is 9.46. The molecule has 1 aliphatic heterocycles. The van der Waals surface area contributed by atoms with Crippen LogP contribution in [0.1, 0.15) is 46.0 Å². The Hall–Kier alpha value is -0.0800. The summed E-state index contributed by atoms with van der Waals surface area (Å²) >= 11 is 0. The van der Waals surface area contributed by atoms with Crippen LogP contribution in [0.15, 0.2) is 0 Å². The zero-order valence-corrected chi connectivity index (χ0v) is 9.46. The van der Waals surface area contributed by atoms with Crippen LogP contribution in [0, 0.1) is 11.8 Å². The molecule has 0 aromatic heterocycles. The first kappa shape index (κ1) is 10.4. The van der Waals surface area contributed by atoms with Crippen LogP contribution >= 0.6 is 0 Å². The van der Waals surface area contributed by atoms with E-state index in [9.17, 15) is 0 Å². The quantitative estimate of drug-likeness (QED) is 0.700. The molecule has 2 N–H and O–H groups in total. The molecule has 1 spiro atoms. The minimum Gasteiger partial charge on any atom is -0.370 e. The van der Waals surface area contributed by atoms with Crippen molar-refractivity contribution in [2.45, 2.75) is 57.7 Å². The maximum Gasteiger partial charge on any atom is 0.0705 e. The molecule has 0 amide bonds. The molecule has 1 aliphatic carbocycles. The van der Waals surface area contributed by atoms with Crippen LogP contribution < -0.4 is 5.73 Å². The first-order chi connectivity index (χ1) is 6.63. The Morgan fingerprint density at radius 3 is 2.43 bits per heavy atom. The highest BCUT2D eigenvalue weighted by molar-refractivity contribution is 4.94. The van der Waals surface area contributed by atoms with Crippen LogP contribution in [-0.2, 0) is 4.74 Å². The van der Waals surface area contributed by atoms with Crippen LogP contribution in [0.2, 0.25) is 0 Å². The zero-order chi connectivity index (χ0) is 10.2. The predicted molar refractivity (Wildman–Crippen MR) is 58.1 cm³/mol. The molecule has 0 aromatic rings. The monoisotopic (exact) mass is 197 g/mol. The van der Waals surface area contributed by atoms with Gasteiger partial charge in [0.05, 0.1) is 11.7 Å². The van der Waals surface area contributed by atoms with Gasteiger partial charge in [-0.15, -0.1) is 0 Å². The third-order valence-electron chi connectivity index (χ3n) is 3.85. The summed E-state index contributed by atoms with van der Waals surface area (Å²) in [5.41, 5.74) is 5.88. The van der Waals surface area contributed by atoms with E-state index in [0.29, 0.717) is 12.6 Å². The van der Waals surface area contributed by atoms with E-state index in [4.69, 9.17) is 10.5 Å². The molecule has 2 aliphatic rings. The number of hydrogen-bond acceptors (Lipinski definition) is 2. The Labute approximate surface area is 87.2 Å². The van der Waals surface area contributed by atoms with Gasteiger partial charge in [-0.25, -0.2) is 0 Å². The van der Waals surface area contributed by atoms with E-state index in [1.165, 1.54) is 32.1 Å². The SMILES string of the molecule is C[C@@H]1C[C@H](C)CC2(CC[C@H](CN)O2)C1. The highest BCUT2D eigenvalue weighted by Crippen LogP contribution is 2.45. The van der Waals surface area contributed by atoms with Gasteiger partial charge in [0, 0.05) is 6.54 Å². The average molecular weight is 197 g/mol.